The molecule has 1 rings (SSSR count). The van der Waals surface area contributed by atoms with Gasteiger partial charge in [0.1, 0.15) is 0 Å². The molecule has 0 fully saturated rings. The first-order chi connectivity index (χ1) is 9.22. The van der Waals surface area contributed by atoms with Gasteiger partial charge in [-0.3, -0.25) is 9.59 Å². The molecule has 0 saturated heterocycles. The minimum atomic E-state index is -0.178. The second kappa shape index (κ2) is 9.33. The summed E-state index contributed by atoms with van der Waals surface area (Å²) in [6.07, 6.45) is 6.37. The number of ether oxygens (including phenoxy) is 1. The van der Waals surface area contributed by atoms with Gasteiger partial charge in [0.15, 0.2) is 0 Å². The molecule has 0 bridgehead atoms. The predicted octanol–water partition coefficient (Wildman–Crippen LogP) is 2.61. The van der Waals surface area contributed by atoms with E-state index in [0.717, 1.165) is 24.1 Å². The van der Waals surface area contributed by atoms with Crippen LogP contribution in [0.5, 0.6) is 0 Å². The highest BCUT2D eigenvalue weighted by Gasteiger charge is 1.99. The van der Waals surface area contributed by atoms with E-state index >= 15 is 0 Å². The lowest BCUT2D eigenvalue weighted by Crippen LogP contribution is -2.21. The van der Waals surface area contributed by atoms with Gasteiger partial charge in [-0.25, -0.2) is 0 Å². The zero-order valence-electron chi connectivity index (χ0n) is 11.1. The second-order valence-electron chi connectivity index (χ2n) is 4.03. The fourth-order valence-corrected chi connectivity index (χ4v) is 2.11. The Kier molecular flexibility index (Phi) is 7.58. The Morgan fingerprint density at radius 3 is 2.89 bits per heavy atom. The fourth-order valence-electron chi connectivity index (χ4n) is 1.49. The first kappa shape index (κ1) is 15.4. The van der Waals surface area contributed by atoms with Crippen molar-refractivity contribution in [2.75, 3.05) is 13.7 Å². The first-order valence-electron chi connectivity index (χ1n) is 6.28. The molecular formula is C14H19NO3S. The van der Waals surface area contributed by atoms with Crippen LogP contribution in [0.15, 0.2) is 23.6 Å². The maximum atomic E-state index is 11.5. The molecule has 1 N–H and O–H groups in total. The number of carbonyl (C=O) groups is 2. The van der Waals surface area contributed by atoms with Gasteiger partial charge in [-0.1, -0.05) is 12.5 Å². The Hall–Kier alpha value is -1.62. The number of nitrogens with one attached hydrogen (secondary N) is 1. The Morgan fingerprint density at radius 1 is 1.37 bits per heavy atom. The zero-order chi connectivity index (χ0) is 13.9. The zero-order valence-corrected chi connectivity index (χ0v) is 11.9. The summed E-state index contributed by atoms with van der Waals surface area (Å²) in [5.74, 6) is -0.260. The van der Waals surface area contributed by atoms with Crippen LogP contribution in [0.1, 0.15) is 30.6 Å². The van der Waals surface area contributed by atoms with Crippen molar-refractivity contribution < 1.29 is 14.3 Å². The summed E-state index contributed by atoms with van der Waals surface area (Å²) in [4.78, 5) is 23.4. The molecule has 0 radical (unpaired) electrons. The van der Waals surface area contributed by atoms with Crippen molar-refractivity contribution in [3.8, 4) is 0 Å². The van der Waals surface area contributed by atoms with E-state index in [1.54, 1.807) is 23.5 Å². The van der Waals surface area contributed by atoms with Crippen molar-refractivity contribution in [1.29, 1.82) is 0 Å². The van der Waals surface area contributed by atoms with Gasteiger partial charge in [-0.05, 0) is 30.4 Å². The van der Waals surface area contributed by atoms with E-state index in [0.29, 0.717) is 13.0 Å². The minimum Gasteiger partial charge on any atom is -0.469 e. The Morgan fingerprint density at radius 2 is 2.21 bits per heavy atom. The number of carbonyl (C=O) groups excluding carboxylic acids is 2. The quantitative estimate of drug-likeness (QED) is 0.453. The topological polar surface area (TPSA) is 55.4 Å². The van der Waals surface area contributed by atoms with Crippen LogP contribution in [0.4, 0.5) is 0 Å². The van der Waals surface area contributed by atoms with E-state index in [1.807, 2.05) is 17.5 Å². The smallest absolute Gasteiger partial charge is 0.305 e. The number of unbranched alkanes of at least 4 members (excludes halogenated alkanes) is 2. The molecule has 104 valence electrons. The van der Waals surface area contributed by atoms with Crippen molar-refractivity contribution >= 4 is 29.3 Å². The van der Waals surface area contributed by atoms with E-state index < -0.39 is 0 Å². The lowest BCUT2D eigenvalue weighted by atomic mass is 10.2. The van der Waals surface area contributed by atoms with Crippen LogP contribution in [-0.4, -0.2) is 25.5 Å². The highest BCUT2D eigenvalue weighted by atomic mass is 32.1. The summed E-state index contributed by atoms with van der Waals surface area (Å²) >= 11 is 1.59. The summed E-state index contributed by atoms with van der Waals surface area (Å²) in [6, 6.07) is 3.91. The van der Waals surface area contributed by atoms with Crippen LogP contribution in [0.25, 0.3) is 6.08 Å². The molecule has 0 aliphatic heterocycles. The van der Waals surface area contributed by atoms with Gasteiger partial charge >= 0.3 is 5.97 Å². The van der Waals surface area contributed by atoms with Crippen molar-refractivity contribution in [2.24, 2.45) is 0 Å². The fraction of sp³-hybridized carbons (Fsp3) is 0.429. The number of methoxy groups -OCH3 is 1. The van der Waals surface area contributed by atoms with Crippen LogP contribution in [0, 0.1) is 0 Å². The standard InChI is InChI=1S/C14H19NO3S/c1-18-14(17)7-3-2-4-10-15-13(16)9-8-12-6-5-11-19-12/h5-6,8-9,11H,2-4,7,10H2,1H3,(H,15,16). The lowest BCUT2D eigenvalue weighted by molar-refractivity contribution is -0.140. The van der Waals surface area contributed by atoms with Gasteiger partial charge in [0.05, 0.1) is 7.11 Å². The van der Waals surface area contributed by atoms with E-state index in [1.165, 1.54) is 7.11 Å². The molecule has 19 heavy (non-hydrogen) atoms. The molecular weight excluding hydrogens is 262 g/mol. The maximum Gasteiger partial charge on any atom is 0.305 e. The minimum absolute atomic E-state index is 0.0821. The van der Waals surface area contributed by atoms with Gasteiger partial charge in [-0.15, -0.1) is 11.3 Å². The molecule has 0 spiro atoms. The van der Waals surface area contributed by atoms with E-state index in [4.69, 9.17) is 0 Å². The number of amides is 1. The van der Waals surface area contributed by atoms with Crippen LogP contribution in [-0.2, 0) is 14.3 Å². The Balaban J connectivity index is 2.03. The average Bonchev–Trinajstić information content (AvgIpc) is 2.93. The molecule has 0 aromatic carbocycles. The highest BCUT2D eigenvalue weighted by molar-refractivity contribution is 7.10. The van der Waals surface area contributed by atoms with Crippen LogP contribution in [0.2, 0.25) is 0 Å². The molecule has 1 aromatic rings. The SMILES string of the molecule is COC(=O)CCCCCNC(=O)C=Cc1cccs1. The third kappa shape index (κ3) is 7.41. The van der Waals surface area contributed by atoms with Crippen molar-refractivity contribution in [2.45, 2.75) is 25.7 Å². The van der Waals surface area contributed by atoms with Gasteiger partial charge in [0.2, 0.25) is 5.91 Å². The molecule has 1 heterocycles. The maximum absolute atomic E-state index is 11.5. The molecule has 1 aromatic heterocycles. The molecule has 5 heteroatoms. The second-order valence-corrected chi connectivity index (χ2v) is 5.01. The summed E-state index contributed by atoms with van der Waals surface area (Å²) < 4.78 is 4.55. The summed E-state index contributed by atoms with van der Waals surface area (Å²) in [7, 11) is 1.39. The molecule has 1 amide bonds. The van der Waals surface area contributed by atoms with Crippen LogP contribution in [0.3, 0.4) is 0 Å². The third-order valence-electron chi connectivity index (χ3n) is 2.53. The summed E-state index contributed by atoms with van der Waals surface area (Å²) in [5.41, 5.74) is 0. The number of thiophene rings is 1. The van der Waals surface area contributed by atoms with Crippen molar-refractivity contribution in [1.82, 2.24) is 5.32 Å². The number of hydrogen-bond acceptors (Lipinski definition) is 4. The van der Waals surface area contributed by atoms with Gasteiger partial charge in [0, 0.05) is 23.9 Å². The molecule has 0 aliphatic carbocycles. The highest BCUT2D eigenvalue weighted by Crippen LogP contribution is 2.09. The normalized spacial score (nSPS) is 10.6. The monoisotopic (exact) mass is 281 g/mol. The van der Waals surface area contributed by atoms with Crippen molar-refractivity contribution in [3.05, 3.63) is 28.5 Å². The van der Waals surface area contributed by atoms with Crippen molar-refractivity contribution in [3.63, 3.8) is 0 Å². The van der Waals surface area contributed by atoms with Gasteiger partial charge in [-0.2, -0.15) is 0 Å². The number of esters is 1. The Bertz CT molecular complexity index is 412. The molecule has 0 unspecified atom stereocenters. The van der Waals surface area contributed by atoms with E-state index in [9.17, 15) is 9.59 Å². The van der Waals surface area contributed by atoms with E-state index in [2.05, 4.69) is 10.1 Å². The van der Waals surface area contributed by atoms with E-state index in [-0.39, 0.29) is 11.9 Å². The van der Waals surface area contributed by atoms with Crippen LogP contribution >= 0.6 is 11.3 Å². The first-order valence-corrected chi connectivity index (χ1v) is 7.16. The van der Waals surface area contributed by atoms with Gasteiger partial charge in [0.25, 0.3) is 0 Å². The lowest BCUT2D eigenvalue weighted by Gasteiger charge is -2.02. The average molecular weight is 281 g/mol. The van der Waals surface area contributed by atoms with Gasteiger partial charge < -0.3 is 10.1 Å². The number of hydrogen-bond donors (Lipinski definition) is 1. The molecule has 0 aliphatic rings. The summed E-state index contributed by atoms with van der Waals surface area (Å²) in [5, 5.41) is 4.78. The van der Waals surface area contributed by atoms with Crippen LogP contribution < -0.4 is 5.32 Å². The summed E-state index contributed by atoms with van der Waals surface area (Å²) in [6.45, 7) is 0.634. The number of rotatable bonds is 8. The largest absolute Gasteiger partial charge is 0.469 e. The molecule has 4 nitrogen and oxygen atoms in total. The Labute approximate surface area is 117 Å². The molecule has 0 atom stereocenters. The molecule has 0 saturated carbocycles. The predicted molar refractivity (Wildman–Crippen MR) is 76.8 cm³/mol. The third-order valence-corrected chi connectivity index (χ3v) is 3.36.